The zero-order chi connectivity index (χ0) is 15.2. The first-order valence-corrected chi connectivity index (χ1v) is 8.44. The molecule has 0 amide bonds. The molecule has 2 heterocycles. The molecule has 0 radical (unpaired) electrons. The Hall–Kier alpha value is -1.55. The summed E-state index contributed by atoms with van der Waals surface area (Å²) in [6, 6.07) is 10.7. The largest absolute Gasteiger partial charge is 0.385 e. The fourth-order valence-electron chi connectivity index (χ4n) is 3.49. The number of methoxy groups -OCH3 is 1. The minimum Gasteiger partial charge on any atom is -0.385 e. The Labute approximate surface area is 133 Å². The van der Waals surface area contributed by atoms with Gasteiger partial charge in [0.2, 0.25) is 0 Å². The first-order valence-electron chi connectivity index (χ1n) is 8.44. The van der Waals surface area contributed by atoms with Crippen LogP contribution in [0.1, 0.15) is 24.8 Å². The maximum Gasteiger partial charge on any atom is 0.197 e. The molecule has 2 aliphatic rings. The minimum atomic E-state index is 0.746. The third kappa shape index (κ3) is 3.80. The fraction of sp³-hybridized carbons (Fsp3) is 0.611. The van der Waals surface area contributed by atoms with Crippen molar-refractivity contribution >= 4 is 5.96 Å². The van der Waals surface area contributed by atoms with Gasteiger partial charge in [0.05, 0.1) is 6.54 Å². The smallest absolute Gasteiger partial charge is 0.197 e. The average Bonchev–Trinajstić information content (AvgIpc) is 3.02. The van der Waals surface area contributed by atoms with E-state index in [0.29, 0.717) is 0 Å². The number of rotatable bonds is 5. The van der Waals surface area contributed by atoms with Crippen LogP contribution in [0.25, 0.3) is 0 Å². The van der Waals surface area contributed by atoms with Crippen molar-refractivity contribution < 1.29 is 4.74 Å². The summed E-state index contributed by atoms with van der Waals surface area (Å²) in [6.07, 6.45) is 3.76. The lowest BCUT2D eigenvalue weighted by atomic mass is 9.95. The van der Waals surface area contributed by atoms with Gasteiger partial charge in [-0.05, 0) is 30.7 Å². The van der Waals surface area contributed by atoms with Crippen LogP contribution in [-0.4, -0.2) is 55.7 Å². The molecule has 3 rings (SSSR count). The number of hydrogen-bond donors (Lipinski definition) is 0. The zero-order valence-corrected chi connectivity index (χ0v) is 13.6. The maximum absolute atomic E-state index is 5.25. The summed E-state index contributed by atoms with van der Waals surface area (Å²) in [5.74, 6) is 1.96. The second kappa shape index (κ2) is 7.63. The van der Waals surface area contributed by atoms with Crippen LogP contribution in [0.4, 0.5) is 0 Å². The third-order valence-corrected chi connectivity index (χ3v) is 4.65. The van der Waals surface area contributed by atoms with Gasteiger partial charge in [-0.15, -0.1) is 0 Å². The van der Waals surface area contributed by atoms with Crippen LogP contribution in [-0.2, 0) is 11.3 Å². The van der Waals surface area contributed by atoms with Crippen molar-refractivity contribution in [3.05, 3.63) is 35.9 Å². The lowest BCUT2D eigenvalue weighted by molar-refractivity contribution is 0.149. The Balaban J connectivity index is 1.60. The molecule has 120 valence electrons. The topological polar surface area (TPSA) is 28.1 Å². The summed E-state index contributed by atoms with van der Waals surface area (Å²) >= 11 is 0. The molecule has 0 saturated carbocycles. The quantitative estimate of drug-likeness (QED) is 0.837. The lowest BCUT2D eigenvalue weighted by Crippen LogP contribution is -2.46. The van der Waals surface area contributed by atoms with Gasteiger partial charge in [-0.25, -0.2) is 0 Å². The molecule has 4 heteroatoms. The Morgan fingerprint density at radius 2 is 2.09 bits per heavy atom. The predicted octanol–water partition coefficient (Wildman–Crippen LogP) is 2.61. The van der Waals surface area contributed by atoms with E-state index in [0.717, 1.165) is 45.2 Å². The molecule has 0 aliphatic carbocycles. The summed E-state index contributed by atoms with van der Waals surface area (Å²) in [4.78, 5) is 9.73. The lowest BCUT2D eigenvalue weighted by Gasteiger charge is -2.37. The molecule has 1 saturated heterocycles. The normalized spacial score (nSPS) is 22.0. The number of ether oxygens (including phenoxy) is 1. The van der Waals surface area contributed by atoms with Crippen molar-refractivity contribution in [1.82, 2.24) is 9.80 Å². The van der Waals surface area contributed by atoms with E-state index in [9.17, 15) is 0 Å². The van der Waals surface area contributed by atoms with E-state index in [1.54, 1.807) is 7.11 Å². The molecule has 1 unspecified atom stereocenters. The summed E-state index contributed by atoms with van der Waals surface area (Å²) in [7, 11) is 1.79. The van der Waals surface area contributed by atoms with Crippen molar-refractivity contribution in [1.29, 1.82) is 0 Å². The molecule has 0 spiro atoms. The van der Waals surface area contributed by atoms with Crippen molar-refractivity contribution in [2.45, 2.75) is 25.8 Å². The number of aliphatic imine (C=N–C) groups is 1. The van der Waals surface area contributed by atoms with E-state index in [-0.39, 0.29) is 0 Å². The van der Waals surface area contributed by atoms with E-state index in [2.05, 4.69) is 40.1 Å². The molecule has 22 heavy (non-hydrogen) atoms. The number of piperidine rings is 1. The summed E-state index contributed by atoms with van der Waals surface area (Å²) in [5, 5.41) is 0. The number of benzene rings is 1. The van der Waals surface area contributed by atoms with Gasteiger partial charge in [0.25, 0.3) is 0 Å². The van der Waals surface area contributed by atoms with Crippen molar-refractivity contribution in [2.75, 3.05) is 39.9 Å². The highest BCUT2D eigenvalue weighted by Gasteiger charge is 2.27. The molecule has 0 bridgehead atoms. The summed E-state index contributed by atoms with van der Waals surface area (Å²) in [5.41, 5.74) is 1.37. The van der Waals surface area contributed by atoms with Gasteiger partial charge in [0, 0.05) is 39.9 Å². The van der Waals surface area contributed by atoms with Gasteiger partial charge in [-0.3, -0.25) is 4.99 Å². The van der Waals surface area contributed by atoms with Gasteiger partial charge in [0.1, 0.15) is 0 Å². The van der Waals surface area contributed by atoms with E-state index in [1.165, 1.54) is 30.8 Å². The van der Waals surface area contributed by atoms with Crippen LogP contribution in [0.3, 0.4) is 0 Å². The highest BCUT2D eigenvalue weighted by Crippen LogP contribution is 2.22. The first-order chi connectivity index (χ1) is 10.9. The Morgan fingerprint density at radius 1 is 1.23 bits per heavy atom. The number of nitrogens with zero attached hydrogens (tertiary/aromatic N) is 3. The van der Waals surface area contributed by atoms with Crippen molar-refractivity contribution in [2.24, 2.45) is 10.9 Å². The average molecular weight is 301 g/mol. The van der Waals surface area contributed by atoms with E-state index in [1.807, 2.05) is 0 Å². The van der Waals surface area contributed by atoms with Gasteiger partial charge in [-0.2, -0.15) is 0 Å². The van der Waals surface area contributed by atoms with Crippen LogP contribution in [0, 0.1) is 5.92 Å². The highest BCUT2D eigenvalue weighted by molar-refractivity contribution is 5.81. The molecular weight excluding hydrogens is 274 g/mol. The van der Waals surface area contributed by atoms with Gasteiger partial charge < -0.3 is 14.5 Å². The third-order valence-electron chi connectivity index (χ3n) is 4.65. The standard InChI is InChI=1S/C18H27N3O/c1-22-13-9-17-8-5-11-20(15-17)18-19-10-12-21(18)14-16-6-3-2-4-7-16/h2-4,6-7,17H,5,8-15H2,1H3. The van der Waals surface area contributed by atoms with Gasteiger partial charge in [0.15, 0.2) is 5.96 Å². The summed E-state index contributed by atoms with van der Waals surface area (Å²) in [6.45, 7) is 6.10. The van der Waals surface area contributed by atoms with Crippen molar-refractivity contribution in [3.8, 4) is 0 Å². The minimum absolute atomic E-state index is 0.746. The Bertz CT molecular complexity index is 488. The predicted molar refractivity (Wildman–Crippen MR) is 89.9 cm³/mol. The highest BCUT2D eigenvalue weighted by atomic mass is 16.5. The monoisotopic (exact) mass is 301 g/mol. The van der Waals surface area contributed by atoms with Crippen molar-refractivity contribution in [3.63, 3.8) is 0 Å². The van der Waals surface area contributed by atoms with Gasteiger partial charge in [-0.1, -0.05) is 30.3 Å². The van der Waals surface area contributed by atoms with Crippen LogP contribution < -0.4 is 0 Å². The molecule has 2 aliphatic heterocycles. The molecule has 1 fully saturated rings. The zero-order valence-electron chi connectivity index (χ0n) is 13.6. The second-order valence-corrected chi connectivity index (χ2v) is 6.32. The number of likely N-dealkylation sites (tertiary alicyclic amines) is 1. The molecular formula is C18H27N3O. The van der Waals surface area contributed by atoms with Crippen LogP contribution in [0.15, 0.2) is 35.3 Å². The van der Waals surface area contributed by atoms with E-state index in [4.69, 9.17) is 9.73 Å². The first kappa shape index (κ1) is 15.3. The molecule has 1 atom stereocenters. The molecule has 1 aromatic carbocycles. The fourth-order valence-corrected chi connectivity index (χ4v) is 3.49. The molecule has 0 N–H and O–H groups in total. The van der Waals surface area contributed by atoms with Crippen LogP contribution in [0.2, 0.25) is 0 Å². The van der Waals surface area contributed by atoms with E-state index < -0.39 is 0 Å². The maximum atomic E-state index is 5.25. The number of guanidine groups is 1. The van der Waals surface area contributed by atoms with E-state index >= 15 is 0 Å². The van der Waals surface area contributed by atoms with Gasteiger partial charge >= 0.3 is 0 Å². The molecule has 4 nitrogen and oxygen atoms in total. The molecule has 1 aromatic rings. The molecule has 0 aromatic heterocycles. The SMILES string of the molecule is COCCC1CCCN(C2=NCCN2Cc2ccccc2)C1. The van der Waals surface area contributed by atoms with Crippen LogP contribution >= 0.6 is 0 Å². The second-order valence-electron chi connectivity index (χ2n) is 6.32. The van der Waals surface area contributed by atoms with Crippen LogP contribution in [0.5, 0.6) is 0 Å². The Kier molecular flexibility index (Phi) is 5.33. The Morgan fingerprint density at radius 3 is 2.91 bits per heavy atom. The number of hydrogen-bond acceptors (Lipinski definition) is 4. The summed E-state index contributed by atoms with van der Waals surface area (Å²) < 4.78 is 5.25.